The smallest absolute Gasteiger partial charge is 0.303 e. The number of ketones is 2. The van der Waals surface area contributed by atoms with Crippen LogP contribution in [0.4, 0.5) is 28.4 Å². The Morgan fingerprint density at radius 3 is 1.84 bits per heavy atom. The van der Waals surface area contributed by atoms with Crippen molar-refractivity contribution in [3.8, 4) is 0 Å². The average molecular weight is 818 g/mol. The molecule has 11 nitrogen and oxygen atoms in total. The number of allylic oxidation sites excluding steroid dienone is 11. The highest BCUT2D eigenvalue weighted by Gasteiger charge is 2.20. The topological polar surface area (TPSA) is 166 Å². The van der Waals surface area contributed by atoms with Crippen LogP contribution in [0.2, 0.25) is 0 Å². The number of ether oxygens (including phenoxy) is 1. The Kier molecular flexibility index (Phi) is 14.4. The summed E-state index contributed by atoms with van der Waals surface area (Å²) >= 11 is 0. The minimum atomic E-state index is -0.952. The number of rotatable bonds is 17. The molecule has 0 atom stereocenters. The molecule has 0 unspecified atom stereocenters. The van der Waals surface area contributed by atoms with Crippen LogP contribution in [0.25, 0.3) is 6.08 Å². The zero-order valence-electron chi connectivity index (χ0n) is 34.3. The molecule has 0 fully saturated rings. The lowest BCUT2D eigenvalue weighted by Crippen LogP contribution is -2.12. The van der Waals surface area contributed by atoms with E-state index in [-0.39, 0.29) is 37.6 Å². The Morgan fingerprint density at radius 1 is 0.639 bits per heavy atom. The molecule has 6 rings (SSSR count). The van der Waals surface area contributed by atoms with E-state index in [1.165, 1.54) is 0 Å². The molecule has 61 heavy (non-hydrogen) atoms. The number of hydrogen-bond donors (Lipinski definition) is 3. The Bertz CT molecular complexity index is 2550. The molecule has 0 amide bonds. The number of aliphatic hydroxyl groups is 1. The van der Waals surface area contributed by atoms with E-state index in [4.69, 9.17) is 9.84 Å². The molecule has 11 heteroatoms. The van der Waals surface area contributed by atoms with Crippen LogP contribution in [0, 0.1) is 0 Å². The van der Waals surface area contributed by atoms with Crippen LogP contribution in [0.3, 0.4) is 0 Å². The molecule has 0 aliphatic heterocycles. The van der Waals surface area contributed by atoms with Gasteiger partial charge in [0.05, 0.1) is 18.0 Å². The number of azo groups is 1. The molecule has 0 bridgehead atoms. The summed E-state index contributed by atoms with van der Waals surface area (Å²) in [5, 5.41) is 37.1. The highest BCUT2D eigenvalue weighted by molar-refractivity contribution is 6.13. The molecule has 0 saturated heterocycles. The third-order valence-electron chi connectivity index (χ3n) is 10.2. The molecule has 4 aromatic rings. The average Bonchev–Trinajstić information content (AvgIpc) is 3.25. The summed E-state index contributed by atoms with van der Waals surface area (Å²) in [5.74, 6) is -1.90. The number of hydrogen-bond acceptors (Lipinski definition) is 9. The van der Waals surface area contributed by atoms with Gasteiger partial charge in [0.2, 0.25) is 0 Å². The van der Waals surface area contributed by atoms with Crippen LogP contribution in [-0.2, 0) is 43.2 Å². The largest absolute Gasteiger partial charge is 0.481 e. The second kappa shape index (κ2) is 20.3. The number of aliphatic carboxylic acids is 2. The fourth-order valence-corrected chi connectivity index (χ4v) is 7.06. The van der Waals surface area contributed by atoms with Gasteiger partial charge in [0.15, 0.2) is 11.6 Å². The van der Waals surface area contributed by atoms with Crippen LogP contribution in [0.5, 0.6) is 0 Å². The first kappa shape index (κ1) is 43.5. The first-order valence-electron chi connectivity index (χ1n) is 19.9. The van der Waals surface area contributed by atoms with Crippen LogP contribution in [-0.4, -0.2) is 52.2 Å². The second-order valence-corrected chi connectivity index (χ2v) is 14.8. The van der Waals surface area contributed by atoms with Crippen molar-refractivity contribution >= 4 is 58.0 Å². The van der Waals surface area contributed by atoms with Gasteiger partial charge in [0, 0.05) is 35.5 Å². The molecule has 0 aromatic heterocycles. The van der Waals surface area contributed by atoms with Gasteiger partial charge in [-0.05, 0) is 169 Å². The lowest BCUT2D eigenvalue weighted by atomic mass is 9.87. The van der Waals surface area contributed by atoms with Gasteiger partial charge in [-0.3, -0.25) is 19.2 Å². The number of aryl methyl sites for hydroxylation is 2. The van der Waals surface area contributed by atoms with E-state index in [2.05, 4.69) is 10.2 Å². The van der Waals surface area contributed by atoms with E-state index in [9.17, 15) is 29.4 Å². The number of Topliss-reactive ketones (excluding diaryl/α,β-unsaturated/α-hetero) is 2. The first-order valence-corrected chi connectivity index (χ1v) is 19.9. The molecule has 2 aliphatic rings. The van der Waals surface area contributed by atoms with Gasteiger partial charge in [-0.25, -0.2) is 0 Å². The molecule has 3 N–H and O–H groups in total. The van der Waals surface area contributed by atoms with E-state index < -0.39 is 11.9 Å². The molecule has 0 saturated carbocycles. The molecule has 0 spiro atoms. The fourth-order valence-electron chi connectivity index (χ4n) is 7.06. The maximum Gasteiger partial charge on any atom is 0.303 e. The standard InChI is InChI=1S/C50H47N3O8/c1-32-24-40(25-33(2)49(32)59)41-26-34(3)50(60)39(29-41)14-10-35-11-16-42(17-12-35)51-52-46-19-18-45(30-38(46)15-21-48(57)58)53(43-8-4-6-36(27-43)13-20-47(55)56)44-9-5-7-37(28-44)22-23-61-31-54/h4-12,14,16-19,24-30,54H,13,15,20-23,31H2,1-3H3,(H,55,56)(H,57,58)/b14-10+,52-51?. The van der Waals surface area contributed by atoms with E-state index in [1.54, 1.807) is 26.8 Å². The van der Waals surface area contributed by atoms with Crippen molar-refractivity contribution in [1.29, 1.82) is 0 Å². The molecule has 4 aromatic carbocycles. The van der Waals surface area contributed by atoms with Gasteiger partial charge in [-0.1, -0.05) is 48.6 Å². The number of carboxylic acid groups (broad SMARTS) is 2. The number of carbonyl (C=O) groups excluding carboxylic acids is 2. The van der Waals surface area contributed by atoms with Crippen molar-refractivity contribution in [2.45, 2.75) is 52.9 Å². The third kappa shape index (κ3) is 11.6. The zero-order chi connectivity index (χ0) is 43.5. The maximum atomic E-state index is 13.1. The number of anilines is 3. The Morgan fingerprint density at radius 2 is 1.21 bits per heavy atom. The monoisotopic (exact) mass is 817 g/mol. The SMILES string of the molecule is CC1=CC(=C2C=C(C)C(=O)C(/C=C/c3ccc(N=Nc4ccc(N(c5cccc(CCOCO)c5)c5cccc(CCC(=O)O)c5)cc4CCC(=O)O)cc3)=C2)C=C(C)C1=O. The minimum absolute atomic E-state index is 0.0131. The molecule has 310 valence electrons. The summed E-state index contributed by atoms with van der Waals surface area (Å²) in [6, 6.07) is 28.5. The van der Waals surface area contributed by atoms with Gasteiger partial charge in [0.1, 0.15) is 6.79 Å². The Labute approximate surface area is 354 Å². The molecular weight excluding hydrogens is 771 g/mol. The summed E-state index contributed by atoms with van der Waals surface area (Å²) in [4.78, 5) is 50.5. The Balaban J connectivity index is 1.28. The van der Waals surface area contributed by atoms with Gasteiger partial charge in [0.25, 0.3) is 0 Å². The van der Waals surface area contributed by atoms with Crippen molar-refractivity contribution in [3.63, 3.8) is 0 Å². The zero-order valence-corrected chi connectivity index (χ0v) is 34.3. The molecule has 2 aliphatic carbocycles. The van der Waals surface area contributed by atoms with E-state index in [0.29, 0.717) is 58.7 Å². The third-order valence-corrected chi connectivity index (χ3v) is 10.2. The number of carboxylic acids is 2. The van der Waals surface area contributed by atoms with Crippen molar-refractivity contribution in [2.24, 2.45) is 10.2 Å². The molecular formula is C50H47N3O8. The van der Waals surface area contributed by atoms with Gasteiger partial charge < -0.3 is 25.0 Å². The van der Waals surface area contributed by atoms with Crippen molar-refractivity contribution in [1.82, 2.24) is 0 Å². The van der Waals surface area contributed by atoms with Crippen molar-refractivity contribution in [3.05, 3.63) is 177 Å². The normalized spacial score (nSPS) is 14.3. The minimum Gasteiger partial charge on any atom is -0.481 e. The lowest BCUT2D eigenvalue weighted by molar-refractivity contribution is -0.138. The van der Waals surface area contributed by atoms with Crippen LogP contribution in [0.15, 0.2) is 165 Å². The van der Waals surface area contributed by atoms with E-state index in [1.807, 2.05) is 126 Å². The summed E-state index contributed by atoms with van der Waals surface area (Å²) in [5.41, 5.74) is 10.9. The fraction of sp³-hybridized carbons (Fsp3) is 0.200. The number of carbonyl (C=O) groups is 4. The number of benzene rings is 4. The predicted molar refractivity (Wildman–Crippen MR) is 236 cm³/mol. The van der Waals surface area contributed by atoms with E-state index >= 15 is 0 Å². The highest BCUT2D eigenvalue weighted by Crippen LogP contribution is 2.38. The van der Waals surface area contributed by atoms with Gasteiger partial charge >= 0.3 is 11.9 Å². The summed E-state index contributed by atoms with van der Waals surface area (Å²) < 4.78 is 5.17. The number of nitrogens with zero attached hydrogens (tertiary/aromatic N) is 3. The summed E-state index contributed by atoms with van der Waals surface area (Å²) in [6.07, 6.45) is 12.0. The van der Waals surface area contributed by atoms with Crippen LogP contribution in [0.1, 0.15) is 55.9 Å². The second-order valence-electron chi connectivity index (χ2n) is 14.8. The summed E-state index contributed by atoms with van der Waals surface area (Å²) in [7, 11) is 0. The quantitative estimate of drug-likeness (QED) is 0.0534. The molecule has 0 radical (unpaired) electrons. The molecule has 0 heterocycles. The van der Waals surface area contributed by atoms with Gasteiger partial charge in [-0.15, -0.1) is 0 Å². The van der Waals surface area contributed by atoms with Crippen molar-refractivity contribution < 1.29 is 39.2 Å². The first-order chi connectivity index (χ1) is 29.4. The van der Waals surface area contributed by atoms with E-state index in [0.717, 1.165) is 44.9 Å². The summed E-state index contributed by atoms with van der Waals surface area (Å²) in [6.45, 7) is 5.32. The van der Waals surface area contributed by atoms with Crippen molar-refractivity contribution in [2.75, 3.05) is 18.3 Å². The number of aliphatic hydroxyl groups excluding tert-OH is 1. The maximum absolute atomic E-state index is 13.1. The van der Waals surface area contributed by atoms with Gasteiger partial charge in [-0.2, -0.15) is 10.2 Å². The predicted octanol–water partition coefficient (Wildman–Crippen LogP) is 10.4. The highest BCUT2D eigenvalue weighted by atomic mass is 16.6. The Hall–Kier alpha value is -7.08. The van der Waals surface area contributed by atoms with Crippen LogP contribution < -0.4 is 4.90 Å². The lowest BCUT2D eigenvalue weighted by Gasteiger charge is -2.27. The van der Waals surface area contributed by atoms with Crippen LogP contribution >= 0.6 is 0 Å².